The number of rotatable bonds is 4. The zero-order valence-corrected chi connectivity index (χ0v) is 8.85. The van der Waals surface area contributed by atoms with E-state index in [1.165, 1.54) is 6.26 Å². The van der Waals surface area contributed by atoms with Crippen molar-refractivity contribution in [3.05, 3.63) is 29.8 Å². The Kier molecular flexibility index (Phi) is 3.63. The second-order valence-electron chi connectivity index (χ2n) is 3.21. The largest absolute Gasteiger partial charge is 0.251 e. The normalized spacial score (nSPS) is 11.6. The minimum absolute atomic E-state index is 0.300. The van der Waals surface area contributed by atoms with Gasteiger partial charge in [0.1, 0.15) is 0 Å². The summed E-state index contributed by atoms with van der Waals surface area (Å²) in [5, 5.41) is 0. The van der Waals surface area contributed by atoms with E-state index < -0.39 is 9.84 Å². The van der Waals surface area contributed by atoms with Gasteiger partial charge in [-0.1, -0.05) is 12.1 Å². The fourth-order valence-electron chi connectivity index (χ4n) is 1.20. The molecular weight excluding hydrogens is 203 g/mol. The minimum Gasteiger partial charge on any atom is -0.251 e. The Hall–Kier alpha value is -0.900. The summed E-state index contributed by atoms with van der Waals surface area (Å²) in [6.07, 6.45) is 2.19. The lowest BCUT2D eigenvalue weighted by Gasteiger charge is -2.02. The number of benzene rings is 1. The molecule has 4 heteroatoms. The van der Waals surface area contributed by atoms with Crippen LogP contribution in [0.15, 0.2) is 29.2 Å². The number of hydrogen-bond acceptors (Lipinski definition) is 2. The molecule has 0 heterocycles. The predicted molar refractivity (Wildman–Crippen MR) is 53.8 cm³/mol. The zero-order valence-electron chi connectivity index (χ0n) is 8.03. The van der Waals surface area contributed by atoms with Gasteiger partial charge in [-0.15, -0.1) is 0 Å². The molecule has 0 spiro atoms. The second kappa shape index (κ2) is 4.55. The molecule has 0 unspecified atom stereocenters. The van der Waals surface area contributed by atoms with Crippen molar-refractivity contribution in [2.24, 2.45) is 0 Å². The van der Waals surface area contributed by atoms with Crippen molar-refractivity contribution < 1.29 is 12.8 Å². The van der Waals surface area contributed by atoms with Gasteiger partial charge in [-0.05, 0) is 30.5 Å². The zero-order chi connectivity index (χ0) is 10.6. The van der Waals surface area contributed by atoms with E-state index in [4.69, 9.17) is 0 Å². The van der Waals surface area contributed by atoms with Crippen molar-refractivity contribution in [3.8, 4) is 0 Å². The smallest absolute Gasteiger partial charge is 0.175 e. The third-order valence-corrected chi connectivity index (χ3v) is 3.04. The highest BCUT2D eigenvalue weighted by Crippen LogP contribution is 2.12. The lowest BCUT2D eigenvalue weighted by molar-refractivity contribution is 0.473. The van der Waals surface area contributed by atoms with Gasteiger partial charge in [-0.3, -0.25) is 4.39 Å². The summed E-state index contributed by atoms with van der Waals surface area (Å²) in [7, 11) is -3.14. The molecule has 0 bridgehead atoms. The molecule has 0 saturated heterocycles. The van der Waals surface area contributed by atoms with E-state index in [1.54, 1.807) is 18.2 Å². The Morgan fingerprint density at radius 3 is 2.64 bits per heavy atom. The molecule has 0 aliphatic heterocycles. The first-order valence-electron chi connectivity index (χ1n) is 4.39. The van der Waals surface area contributed by atoms with Gasteiger partial charge in [0.05, 0.1) is 11.6 Å². The van der Waals surface area contributed by atoms with Gasteiger partial charge in [0.2, 0.25) is 0 Å². The molecule has 1 aromatic carbocycles. The SMILES string of the molecule is CS(=O)(=O)c1cccc(CCCF)c1. The summed E-state index contributed by atoms with van der Waals surface area (Å²) >= 11 is 0. The maximum atomic E-state index is 11.9. The monoisotopic (exact) mass is 216 g/mol. The topological polar surface area (TPSA) is 34.1 Å². The van der Waals surface area contributed by atoms with Crippen LogP contribution in [0.25, 0.3) is 0 Å². The summed E-state index contributed by atoms with van der Waals surface area (Å²) in [5.74, 6) is 0. The first-order chi connectivity index (χ1) is 6.54. The molecule has 0 aliphatic carbocycles. The van der Waals surface area contributed by atoms with Crippen molar-refractivity contribution in [2.45, 2.75) is 17.7 Å². The summed E-state index contributed by atoms with van der Waals surface area (Å²) < 4.78 is 34.3. The van der Waals surface area contributed by atoms with Crippen LogP contribution in [0.1, 0.15) is 12.0 Å². The van der Waals surface area contributed by atoms with Crippen molar-refractivity contribution in [1.29, 1.82) is 0 Å². The molecule has 1 aromatic rings. The Labute approximate surface area is 83.7 Å². The molecule has 0 saturated carbocycles. The van der Waals surface area contributed by atoms with Crippen LogP contribution < -0.4 is 0 Å². The number of aryl methyl sites for hydroxylation is 1. The highest BCUT2D eigenvalue weighted by molar-refractivity contribution is 7.90. The van der Waals surface area contributed by atoms with Crippen molar-refractivity contribution in [3.63, 3.8) is 0 Å². The van der Waals surface area contributed by atoms with Crippen LogP contribution in [-0.4, -0.2) is 21.3 Å². The quantitative estimate of drug-likeness (QED) is 0.771. The Morgan fingerprint density at radius 2 is 2.07 bits per heavy atom. The highest BCUT2D eigenvalue weighted by atomic mass is 32.2. The van der Waals surface area contributed by atoms with Crippen LogP contribution >= 0.6 is 0 Å². The van der Waals surface area contributed by atoms with E-state index in [1.807, 2.05) is 6.07 Å². The molecule has 0 amide bonds. The van der Waals surface area contributed by atoms with Gasteiger partial charge in [-0.2, -0.15) is 0 Å². The molecule has 78 valence electrons. The summed E-state index contributed by atoms with van der Waals surface area (Å²) in [4.78, 5) is 0.300. The Morgan fingerprint density at radius 1 is 1.36 bits per heavy atom. The van der Waals surface area contributed by atoms with E-state index in [0.29, 0.717) is 17.7 Å². The fourth-order valence-corrected chi connectivity index (χ4v) is 1.89. The van der Waals surface area contributed by atoms with Gasteiger partial charge in [0.15, 0.2) is 9.84 Å². The second-order valence-corrected chi connectivity index (χ2v) is 5.23. The molecular formula is C10H13FO2S. The van der Waals surface area contributed by atoms with Crippen molar-refractivity contribution in [1.82, 2.24) is 0 Å². The van der Waals surface area contributed by atoms with Crippen molar-refractivity contribution in [2.75, 3.05) is 12.9 Å². The molecule has 2 nitrogen and oxygen atoms in total. The van der Waals surface area contributed by atoms with Gasteiger partial charge < -0.3 is 0 Å². The molecule has 0 aliphatic rings. The highest BCUT2D eigenvalue weighted by Gasteiger charge is 2.06. The van der Waals surface area contributed by atoms with Crippen LogP contribution in [0.4, 0.5) is 4.39 Å². The van der Waals surface area contributed by atoms with E-state index in [-0.39, 0.29) is 6.67 Å². The molecule has 0 fully saturated rings. The molecule has 0 N–H and O–H groups in total. The van der Waals surface area contributed by atoms with E-state index in [0.717, 1.165) is 5.56 Å². The third kappa shape index (κ3) is 3.10. The van der Waals surface area contributed by atoms with Crippen molar-refractivity contribution >= 4 is 9.84 Å². The average molecular weight is 216 g/mol. The Bertz CT molecular complexity index is 398. The first kappa shape index (κ1) is 11.2. The van der Waals surface area contributed by atoms with Crippen LogP contribution in [0.2, 0.25) is 0 Å². The maximum Gasteiger partial charge on any atom is 0.175 e. The van der Waals surface area contributed by atoms with E-state index in [9.17, 15) is 12.8 Å². The lowest BCUT2D eigenvalue weighted by atomic mass is 10.1. The number of alkyl halides is 1. The van der Waals surface area contributed by atoms with Crippen LogP contribution in [0, 0.1) is 0 Å². The predicted octanol–water partition coefficient (Wildman–Crippen LogP) is 1.99. The van der Waals surface area contributed by atoms with Crippen LogP contribution in [-0.2, 0) is 16.3 Å². The third-order valence-electron chi connectivity index (χ3n) is 1.93. The summed E-state index contributed by atoms with van der Waals surface area (Å²) in [6.45, 7) is -0.372. The minimum atomic E-state index is -3.14. The van der Waals surface area contributed by atoms with Gasteiger partial charge >= 0.3 is 0 Å². The number of sulfone groups is 1. The molecule has 0 atom stereocenters. The summed E-state index contributed by atoms with van der Waals surface area (Å²) in [5.41, 5.74) is 0.866. The van der Waals surface area contributed by atoms with E-state index >= 15 is 0 Å². The number of halogens is 1. The molecule has 0 aromatic heterocycles. The Balaban J connectivity index is 2.90. The van der Waals surface area contributed by atoms with Crippen LogP contribution in [0.5, 0.6) is 0 Å². The molecule has 1 rings (SSSR count). The van der Waals surface area contributed by atoms with Crippen LogP contribution in [0.3, 0.4) is 0 Å². The maximum absolute atomic E-state index is 11.9. The fraction of sp³-hybridized carbons (Fsp3) is 0.400. The first-order valence-corrected chi connectivity index (χ1v) is 6.28. The lowest BCUT2D eigenvalue weighted by Crippen LogP contribution is -1.98. The standard InChI is InChI=1S/C10H13FO2S/c1-14(12,13)10-6-2-4-9(8-10)5-3-7-11/h2,4,6,8H,3,5,7H2,1H3. The summed E-state index contributed by atoms with van der Waals surface area (Å²) in [6, 6.07) is 6.65. The number of hydrogen-bond donors (Lipinski definition) is 0. The van der Waals surface area contributed by atoms with Gasteiger partial charge in [-0.25, -0.2) is 8.42 Å². The molecule has 0 radical (unpaired) electrons. The van der Waals surface area contributed by atoms with Gasteiger partial charge in [0, 0.05) is 6.26 Å². The average Bonchev–Trinajstić information content (AvgIpc) is 2.14. The molecule has 14 heavy (non-hydrogen) atoms. The van der Waals surface area contributed by atoms with E-state index in [2.05, 4.69) is 0 Å². The van der Waals surface area contributed by atoms with Gasteiger partial charge in [0.25, 0.3) is 0 Å².